The number of anilines is 1. The van der Waals surface area contributed by atoms with Crippen molar-refractivity contribution in [3.63, 3.8) is 0 Å². The molecule has 0 amide bonds. The summed E-state index contributed by atoms with van der Waals surface area (Å²) in [5.74, 6) is 0.859. The minimum atomic E-state index is 0. The van der Waals surface area contributed by atoms with Crippen LogP contribution in [0.2, 0.25) is 5.02 Å². The van der Waals surface area contributed by atoms with Gasteiger partial charge in [-0.2, -0.15) is 0 Å². The fraction of sp³-hybridized carbons (Fsp3) is 0.353. The number of nitrogens with two attached hydrogens (primary N) is 1. The Morgan fingerprint density at radius 2 is 1.93 bits per heavy atom. The van der Waals surface area contributed by atoms with Crippen molar-refractivity contribution in [3.8, 4) is 11.3 Å². The molecule has 4 rings (SSSR count). The number of benzene rings is 1. The van der Waals surface area contributed by atoms with Gasteiger partial charge in [0.15, 0.2) is 0 Å². The van der Waals surface area contributed by atoms with Gasteiger partial charge >= 0.3 is 0 Å². The maximum absolute atomic E-state index is 6.51. The van der Waals surface area contributed by atoms with Crippen LogP contribution in [0.15, 0.2) is 30.5 Å². The number of hydrogen-bond acceptors (Lipinski definition) is 6. The Labute approximate surface area is 175 Å². The third-order valence-corrected chi connectivity index (χ3v) is 4.64. The molecule has 1 aliphatic rings. The van der Waals surface area contributed by atoms with Crippen molar-refractivity contribution in [1.29, 1.82) is 0 Å². The van der Waals surface area contributed by atoms with E-state index in [0.717, 1.165) is 54.2 Å². The zero-order valence-electron chi connectivity index (χ0n) is 14.6. The van der Waals surface area contributed by atoms with Crippen LogP contribution >= 0.6 is 36.4 Å². The standard InChI is InChI=1S/C17H20ClN7.2ClH/c18-14-10-13-9-12(16-11-25(6-3-19)23-22-16)1-2-15(13)21-17(14)24-7-4-20-5-8-24;;/h1-2,9-11,20H,3-8,19H2;2*1H. The van der Waals surface area contributed by atoms with Crippen molar-refractivity contribution in [1.82, 2.24) is 25.3 Å². The monoisotopic (exact) mass is 429 g/mol. The number of aromatic nitrogens is 4. The normalized spacial score (nSPS) is 13.9. The van der Waals surface area contributed by atoms with Crippen molar-refractivity contribution in [2.24, 2.45) is 5.73 Å². The molecule has 0 spiro atoms. The molecule has 3 aromatic rings. The van der Waals surface area contributed by atoms with E-state index in [9.17, 15) is 0 Å². The summed E-state index contributed by atoms with van der Waals surface area (Å²) in [5.41, 5.74) is 8.29. The summed E-state index contributed by atoms with van der Waals surface area (Å²) in [6.07, 6.45) is 1.90. The van der Waals surface area contributed by atoms with Crippen LogP contribution in [-0.2, 0) is 6.54 Å². The molecule has 2 aromatic heterocycles. The Balaban J connectivity index is 0.00000131. The summed E-state index contributed by atoms with van der Waals surface area (Å²) < 4.78 is 1.75. The maximum atomic E-state index is 6.51. The molecule has 0 radical (unpaired) electrons. The van der Waals surface area contributed by atoms with Gasteiger partial charge in [-0.15, -0.1) is 29.9 Å². The lowest BCUT2D eigenvalue weighted by Crippen LogP contribution is -2.44. The molecule has 10 heteroatoms. The first-order valence-corrected chi connectivity index (χ1v) is 8.79. The van der Waals surface area contributed by atoms with Crippen molar-refractivity contribution < 1.29 is 0 Å². The largest absolute Gasteiger partial charge is 0.353 e. The molecule has 1 aliphatic heterocycles. The highest BCUT2D eigenvalue weighted by Gasteiger charge is 2.16. The lowest BCUT2D eigenvalue weighted by molar-refractivity contribution is 0.585. The molecule has 3 heterocycles. The van der Waals surface area contributed by atoms with Crippen LogP contribution in [0.4, 0.5) is 5.82 Å². The molecule has 1 aromatic carbocycles. The zero-order valence-corrected chi connectivity index (χ0v) is 17.0. The van der Waals surface area contributed by atoms with Crippen LogP contribution in [0.5, 0.6) is 0 Å². The summed E-state index contributed by atoms with van der Waals surface area (Å²) in [6, 6.07) is 8.05. The SMILES string of the molecule is Cl.Cl.NCCn1cc(-c2ccc3nc(N4CCNCC4)c(Cl)cc3c2)nn1. The molecule has 27 heavy (non-hydrogen) atoms. The highest BCUT2D eigenvalue weighted by atomic mass is 35.5. The van der Waals surface area contributed by atoms with E-state index < -0.39 is 0 Å². The first-order chi connectivity index (χ1) is 12.2. The van der Waals surface area contributed by atoms with Gasteiger partial charge < -0.3 is 16.0 Å². The summed E-state index contributed by atoms with van der Waals surface area (Å²) in [7, 11) is 0. The first-order valence-electron chi connectivity index (χ1n) is 8.41. The summed E-state index contributed by atoms with van der Waals surface area (Å²) >= 11 is 6.51. The van der Waals surface area contributed by atoms with Gasteiger partial charge in [0.25, 0.3) is 0 Å². The van der Waals surface area contributed by atoms with E-state index in [-0.39, 0.29) is 24.8 Å². The van der Waals surface area contributed by atoms with Crippen molar-refractivity contribution in [2.45, 2.75) is 6.54 Å². The average Bonchev–Trinajstić information content (AvgIpc) is 3.10. The molecular formula is C17H22Cl3N7. The fourth-order valence-electron chi connectivity index (χ4n) is 3.07. The Bertz CT molecular complexity index is 893. The van der Waals surface area contributed by atoms with E-state index >= 15 is 0 Å². The van der Waals surface area contributed by atoms with Gasteiger partial charge in [0, 0.05) is 43.7 Å². The van der Waals surface area contributed by atoms with E-state index in [1.165, 1.54) is 0 Å². The minimum absolute atomic E-state index is 0. The van der Waals surface area contributed by atoms with E-state index in [1.807, 2.05) is 30.5 Å². The second kappa shape index (κ2) is 9.52. The van der Waals surface area contributed by atoms with Crippen LogP contribution in [0.1, 0.15) is 0 Å². The molecule has 0 saturated carbocycles. The molecular weight excluding hydrogens is 409 g/mol. The van der Waals surface area contributed by atoms with Crippen LogP contribution in [0.3, 0.4) is 0 Å². The number of fused-ring (bicyclic) bond motifs is 1. The first kappa shape index (κ1) is 21.7. The van der Waals surface area contributed by atoms with Gasteiger partial charge in [0.2, 0.25) is 0 Å². The lowest BCUT2D eigenvalue weighted by atomic mass is 10.1. The molecule has 0 atom stereocenters. The number of halogens is 3. The Morgan fingerprint density at radius 3 is 2.67 bits per heavy atom. The highest BCUT2D eigenvalue weighted by molar-refractivity contribution is 6.33. The smallest absolute Gasteiger partial charge is 0.148 e. The van der Waals surface area contributed by atoms with Gasteiger partial charge in [-0.3, -0.25) is 4.68 Å². The van der Waals surface area contributed by atoms with Gasteiger partial charge in [-0.05, 0) is 18.2 Å². The second-order valence-electron chi connectivity index (χ2n) is 6.09. The molecule has 1 saturated heterocycles. The Kier molecular flexibility index (Phi) is 7.64. The van der Waals surface area contributed by atoms with E-state index in [2.05, 4.69) is 20.5 Å². The number of rotatable bonds is 4. The average molecular weight is 431 g/mol. The zero-order chi connectivity index (χ0) is 17.2. The van der Waals surface area contributed by atoms with E-state index in [1.54, 1.807) is 4.68 Å². The number of piperazine rings is 1. The van der Waals surface area contributed by atoms with E-state index in [0.29, 0.717) is 18.1 Å². The number of hydrogen-bond donors (Lipinski definition) is 2. The topological polar surface area (TPSA) is 84.9 Å². The van der Waals surface area contributed by atoms with Gasteiger partial charge in [0.1, 0.15) is 11.5 Å². The maximum Gasteiger partial charge on any atom is 0.148 e. The van der Waals surface area contributed by atoms with Crippen LogP contribution in [0, 0.1) is 0 Å². The molecule has 0 unspecified atom stereocenters. The molecule has 7 nitrogen and oxygen atoms in total. The molecule has 3 N–H and O–H groups in total. The number of nitrogens with zero attached hydrogens (tertiary/aromatic N) is 5. The minimum Gasteiger partial charge on any atom is -0.353 e. The fourth-order valence-corrected chi connectivity index (χ4v) is 3.35. The van der Waals surface area contributed by atoms with Crippen LogP contribution in [-0.4, -0.2) is 52.7 Å². The van der Waals surface area contributed by atoms with Gasteiger partial charge in [0.05, 0.1) is 23.3 Å². The van der Waals surface area contributed by atoms with Gasteiger partial charge in [-0.1, -0.05) is 22.9 Å². The molecule has 146 valence electrons. The quantitative estimate of drug-likeness (QED) is 0.661. The Morgan fingerprint density at radius 1 is 1.15 bits per heavy atom. The predicted molar refractivity (Wildman–Crippen MR) is 114 cm³/mol. The van der Waals surface area contributed by atoms with Crippen LogP contribution < -0.4 is 16.0 Å². The predicted octanol–water partition coefficient (Wildman–Crippen LogP) is 2.36. The molecule has 0 aliphatic carbocycles. The molecule has 0 bridgehead atoms. The number of nitrogens with one attached hydrogen (secondary N) is 1. The Hall–Kier alpha value is -1.64. The molecule has 1 fully saturated rings. The van der Waals surface area contributed by atoms with Crippen LogP contribution in [0.25, 0.3) is 22.2 Å². The summed E-state index contributed by atoms with van der Waals surface area (Å²) in [6.45, 7) is 4.93. The highest BCUT2D eigenvalue weighted by Crippen LogP contribution is 2.30. The third kappa shape index (κ3) is 4.62. The van der Waals surface area contributed by atoms with E-state index in [4.69, 9.17) is 22.3 Å². The second-order valence-corrected chi connectivity index (χ2v) is 6.50. The third-order valence-electron chi connectivity index (χ3n) is 4.36. The number of pyridine rings is 1. The lowest BCUT2D eigenvalue weighted by Gasteiger charge is -2.29. The van der Waals surface area contributed by atoms with Crippen molar-refractivity contribution >= 4 is 53.1 Å². The van der Waals surface area contributed by atoms with Crippen molar-refractivity contribution in [3.05, 3.63) is 35.5 Å². The summed E-state index contributed by atoms with van der Waals surface area (Å²) in [4.78, 5) is 7.00. The van der Waals surface area contributed by atoms with Crippen molar-refractivity contribution in [2.75, 3.05) is 37.6 Å². The van der Waals surface area contributed by atoms with Gasteiger partial charge in [-0.25, -0.2) is 4.98 Å². The summed E-state index contributed by atoms with van der Waals surface area (Å²) in [5, 5.41) is 13.3.